The van der Waals surface area contributed by atoms with Gasteiger partial charge in [-0.05, 0) is 35.5 Å². The third kappa shape index (κ3) is 6.35. The zero-order valence-corrected chi connectivity index (χ0v) is 23.9. The number of thioether (sulfide) groups is 1. The summed E-state index contributed by atoms with van der Waals surface area (Å²) in [7, 11) is 2.02. The number of benzene rings is 3. The maximum atomic E-state index is 13.6. The van der Waals surface area contributed by atoms with Crippen LogP contribution in [0.3, 0.4) is 0 Å². The molecular formula is C29H30Cl2N4O3S. The van der Waals surface area contributed by atoms with E-state index in [1.807, 2.05) is 49.5 Å². The lowest BCUT2D eigenvalue weighted by Crippen LogP contribution is -2.50. The third-order valence-corrected chi connectivity index (χ3v) is 9.28. The molecule has 0 saturated carbocycles. The van der Waals surface area contributed by atoms with Crippen LogP contribution in [-0.2, 0) is 20.9 Å². The smallest absolute Gasteiger partial charge is 0.242 e. The van der Waals surface area contributed by atoms with E-state index >= 15 is 0 Å². The summed E-state index contributed by atoms with van der Waals surface area (Å²) in [5, 5.41) is 4.95. The molecule has 0 aromatic heterocycles. The Bertz CT molecular complexity index is 1390. The molecule has 5 rings (SSSR count). The molecule has 3 aromatic rings. The Hall–Kier alpha value is -2.78. The van der Waals surface area contributed by atoms with E-state index in [9.17, 15) is 14.4 Å². The molecule has 0 unspecified atom stereocenters. The van der Waals surface area contributed by atoms with Crippen molar-refractivity contribution >= 4 is 63.5 Å². The van der Waals surface area contributed by atoms with Crippen LogP contribution in [0.1, 0.15) is 22.9 Å². The van der Waals surface area contributed by atoms with E-state index in [1.54, 1.807) is 28.0 Å². The standard InChI is InChI=1S/C29H30Cl2N4O3S/c1-33-11-13-34(14-12-33)27(37)18-35-28(38)25(39-29(35)23-10-9-21(30)15-24(23)31)16-26(36)32-17-20-7-4-6-19-5-2-3-8-22(19)20/h2-10,15,25,29H,11-14,16-18H2,1H3,(H,32,36)/t25-,29-/m1/s1. The van der Waals surface area contributed by atoms with Gasteiger partial charge in [-0.25, -0.2) is 0 Å². The van der Waals surface area contributed by atoms with E-state index in [0.717, 1.165) is 29.4 Å². The molecular weight excluding hydrogens is 555 g/mol. The quantitative estimate of drug-likeness (QED) is 0.440. The van der Waals surface area contributed by atoms with Crippen molar-refractivity contribution in [1.29, 1.82) is 0 Å². The number of carbonyl (C=O) groups excluding carboxylic acids is 3. The fourth-order valence-corrected chi connectivity index (χ4v) is 7.07. The van der Waals surface area contributed by atoms with Crippen LogP contribution < -0.4 is 5.32 Å². The summed E-state index contributed by atoms with van der Waals surface area (Å²) in [4.78, 5) is 45.3. The summed E-state index contributed by atoms with van der Waals surface area (Å²) in [6, 6.07) is 19.2. The van der Waals surface area contributed by atoms with E-state index in [4.69, 9.17) is 23.2 Å². The molecule has 1 N–H and O–H groups in total. The van der Waals surface area contributed by atoms with Gasteiger partial charge in [-0.3, -0.25) is 14.4 Å². The van der Waals surface area contributed by atoms with Crippen molar-refractivity contribution in [1.82, 2.24) is 20.0 Å². The predicted molar refractivity (Wildman–Crippen MR) is 157 cm³/mol. The fraction of sp³-hybridized carbons (Fsp3) is 0.345. The van der Waals surface area contributed by atoms with Crippen molar-refractivity contribution in [3.8, 4) is 0 Å². The number of amides is 3. The number of hydrogen-bond acceptors (Lipinski definition) is 5. The van der Waals surface area contributed by atoms with Crippen LogP contribution in [0.25, 0.3) is 10.8 Å². The van der Waals surface area contributed by atoms with Gasteiger partial charge in [-0.2, -0.15) is 0 Å². The maximum Gasteiger partial charge on any atom is 0.242 e. The number of halogens is 2. The lowest BCUT2D eigenvalue weighted by molar-refractivity contribution is -0.141. The van der Waals surface area contributed by atoms with Crippen LogP contribution in [0.4, 0.5) is 0 Å². The van der Waals surface area contributed by atoms with Crippen LogP contribution in [0.5, 0.6) is 0 Å². The highest BCUT2D eigenvalue weighted by Crippen LogP contribution is 2.46. The topological polar surface area (TPSA) is 73.0 Å². The SMILES string of the molecule is CN1CCN(C(=O)CN2C(=O)[C@@H](CC(=O)NCc3cccc4ccccc34)S[C@@H]2c2ccc(Cl)cc2Cl)CC1. The second kappa shape index (κ2) is 12.2. The molecule has 2 aliphatic heterocycles. The number of nitrogens with one attached hydrogen (secondary N) is 1. The number of fused-ring (bicyclic) bond motifs is 1. The summed E-state index contributed by atoms with van der Waals surface area (Å²) in [6.07, 6.45) is 0.00910. The van der Waals surface area contributed by atoms with Gasteiger partial charge in [-0.15, -0.1) is 11.8 Å². The summed E-state index contributed by atoms with van der Waals surface area (Å²) in [5.41, 5.74) is 1.71. The van der Waals surface area contributed by atoms with E-state index in [2.05, 4.69) is 10.2 Å². The molecule has 0 bridgehead atoms. The van der Waals surface area contributed by atoms with Gasteiger partial charge in [0, 0.05) is 54.8 Å². The molecule has 3 amide bonds. The van der Waals surface area contributed by atoms with Crippen LogP contribution in [0.2, 0.25) is 10.0 Å². The minimum absolute atomic E-state index is 0.00910. The number of carbonyl (C=O) groups is 3. The molecule has 2 heterocycles. The molecule has 10 heteroatoms. The molecule has 2 fully saturated rings. The molecule has 2 saturated heterocycles. The van der Waals surface area contributed by atoms with Crippen molar-refractivity contribution < 1.29 is 14.4 Å². The van der Waals surface area contributed by atoms with Crippen molar-refractivity contribution in [2.45, 2.75) is 23.6 Å². The first kappa shape index (κ1) is 27.8. The highest BCUT2D eigenvalue weighted by molar-refractivity contribution is 8.01. The average molecular weight is 586 g/mol. The Kier molecular flexibility index (Phi) is 8.67. The summed E-state index contributed by atoms with van der Waals surface area (Å²) in [5.74, 6) is -0.561. The van der Waals surface area contributed by atoms with Crippen molar-refractivity contribution in [2.75, 3.05) is 39.8 Å². The minimum Gasteiger partial charge on any atom is -0.352 e. The zero-order valence-electron chi connectivity index (χ0n) is 21.6. The molecule has 204 valence electrons. The Morgan fingerprint density at radius 1 is 1.00 bits per heavy atom. The summed E-state index contributed by atoms with van der Waals surface area (Å²) in [6.45, 7) is 3.13. The van der Waals surface area contributed by atoms with E-state index in [1.165, 1.54) is 11.8 Å². The third-order valence-electron chi connectivity index (χ3n) is 7.25. The Balaban J connectivity index is 1.29. The van der Waals surface area contributed by atoms with E-state index < -0.39 is 10.6 Å². The fourth-order valence-electron chi connectivity index (χ4n) is 5.01. The molecule has 2 atom stereocenters. The molecule has 0 aliphatic carbocycles. The second-order valence-corrected chi connectivity index (χ2v) is 12.0. The van der Waals surface area contributed by atoms with Gasteiger partial charge in [0.05, 0.1) is 5.25 Å². The van der Waals surface area contributed by atoms with Gasteiger partial charge < -0.3 is 20.0 Å². The summed E-state index contributed by atoms with van der Waals surface area (Å²) < 4.78 is 0. The molecule has 7 nitrogen and oxygen atoms in total. The van der Waals surface area contributed by atoms with Crippen LogP contribution in [0, 0.1) is 0 Å². The number of likely N-dealkylation sites (N-methyl/N-ethyl adjacent to an activating group) is 1. The predicted octanol–water partition coefficient (Wildman–Crippen LogP) is 4.57. The maximum absolute atomic E-state index is 13.6. The zero-order chi connectivity index (χ0) is 27.5. The minimum atomic E-state index is -0.630. The number of rotatable bonds is 7. The van der Waals surface area contributed by atoms with Gasteiger partial charge in [-0.1, -0.05) is 71.7 Å². The Morgan fingerprint density at radius 2 is 1.74 bits per heavy atom. The Labute approximate surface area is 242 Å². The van der Waals surface area contributed by atoms with Gasteiger partial charge in [0.25, 0.3) is 0 Å². The molecule has 0 radical (unpaired) electrons. The number of piperazine rings is 1. The van der Waals surface area contributed by atoms with Crippen LogP contribution >= 0.6 is 35.0 Å². The van der Waals surface area contributed by atoms with Gasteiger partial charge in [0.15, 0.2) is 0 Å². The van der Waals surface area contributed by atoms with Gasteiger partial charge >= 0.3 is 0 Å². The second-order valence-electron chi connectivity index (χ2n) is 9.91. The average Bonchev–Trinajstić information content (AvgIpc) is 3.21. The van der Waals surface area contributed by atoms with Gasteiger partial charge in [0.1, 0.15) is 11.9 Å². The van der Waals surface area contributed by atoms with Crippen LogP contribution in [0.15, 0.2) is 60.7 Å². The molecule has 0 spiro atoms. The normalized spacial score (nSPS) is 20.0. The molecule has 3 aromatic carbocycles. The highest BCUT2D eigenvalue weighted by atomic mass is 35.5. The van der Waals surface area contributed by atoms with E-state index in [-0.39, 0.29) is 30.7 Å². The van der Waals surface area contributed by atoms with E-state index in [0.29, 0.717) is 35.2 Å². The van der Waals surface area contributed by atoms with Crippen molar-refractivity contribution in [3.63, 3.8) is 0 Å². The monoisotopic (exact) mass is 584 g/mol. The van der Waals surface area contributed by atoms with Crippen LogP contribution in [-0.4, -0.2) is 77.4 Å². The summed E-state index contributed by atoms with van der Waals surface area (Å²) >= 11 is 14.0. The van der Waals surface area contributed by atoms with Crippen molar-refractivity contribution in [3.05, 3.63) is 81.8 Å². The highest BCUT2D eigenvalue weighted by Gasteiger charge is 2.44. The Morgan fingerprint density at radius 3 is 2.51 bits per heavy atom. The van der Waals surface area contributed by atoms with Gasteiger partial charge in [0.2, 0.25) is 17.7 Å². The van der Waals surface area contributed by atoms with Crippen molar-refractivity contribution in [2.24, 2.45) is 0 Å². The molecule has 39 heavy (non-hydrogen) atoms. The number of hydrogen-bond donors (Lipinski definition) is 1. The lowest BCUT2D eigenvalue weighted by Gasteiger charge is -2.34. The largest absolute Gasteiger partial charge is 0.352 e. The first-order valence-electron chi connectivity index (χ1n) is 12.9. The number of nitrogens with zero attached hydrogens (tertiary/aromatic N) is 3. The lowest BCUT2D eigenvalue weighted by atomic mass is 10.0. The first-order valence-corrected chi connectivity index (χ1v) is 14.6. The molecule has 2 aliphatic rings. The first-order chi connectivity index (χ1) is 18.8.